The van der Waals surface area contributed by atoms with Gasteiger partial charge in [0.2, 0.25) is 5.96 Å². The lowest BCUT2D eigenvalue weighted by molar-refractivity contribution is 0.801. The first-order valence-electron chi connectivity index (χ1n) is 6.13. The van der Waals surface area contributed by atoms with Crippen LogP contribution in [0.15, 0.2) is 21.6 Å². The smallest absolute Gasteiger partial charge is 0.210 e. The normalized spacial score (nSPS) is 11.5. The molecule has 18 heavy (non-hydrogen) atoms. The Morgan fingerprint density at radius 3 is 2.44 bits per heavy atom. The summed E-state index contributed by atoms with van der Waals surface area (Å²) in [6.45, 7) is 7.03. The number of aryl methyl sites for hydroxylation is 2. The average Bonchev–Trinajstić information content (AvgIpc) is 2.31. The zero-order valence-corrected chi connectivity index (χ0v) is 12.8. The number of benzene rings is 1. The molecule has 0 aromatic heterocycles. The molecule has 0 radical (unpaired) electrons. The van der Waals surface area contributed by atoms with E-state index >= 15 is 0 Å². The van der Waals surface area contributed by atoms with E-state index in [9.17, 15) is 0 Å². The van der Waals surface area contributed by atoms with Gasteiger partial charge in [-0.25, -0.2) is 5.84 Å². The molecule has 0 fully saturated rings. The monoisotopic (exact) mass is 312 g/mol. The fourth-order valence-corrected chi connectivity index (χ4v) is 2.38. The van der Waals surface area contributed by atoms with Gasteiger partial charge in [-0.15, -0.1) is 0 Å². The molecule has 0 spiro atoms. The summed E-state index contributed by atoms with van der Waals surface area (Å²) >= 11 is 3.48. The highest BCUT2D eigenvalue weighted by Crippen LogP contribution is 2.24. The SMILES string of the molecule is CCCCN=C(NN)Nc1c(C)cc(Br)cc1C. The van der Waals surface area contributed by atoms with Crippen molar-refractivity contribution >= 4 is 27.6 Å². The second-order valence-electron chi connectivity index (χ2n) is 4.27. The number of nitrogens with zero attached hydrogens (tertiary/aromatic N) is 1. The lowest BCUT2D eigenvalue weighted by Crippen LogP contribution is -2.36. The number of unbranched alkanes of at least 4 members (excludes halogenated alkanes) is 1. The second-order valence-corrected chi connectivity index (χ2v) is 5.18. The number of hydrogen-bond acceptors (Lipinski definition) is 2. The van der Waals surface area contributed by atoms with E-state index in [0.29, 0.717) is 5.96 Å². The van der Waals surface area contributed by atoms with E-state index in [1.165, 1.54) is 0 Å². The van der Waals surface area contributed by atoms with Crippen LogP contribution in [0.25, 0.3) is 0 Å². The fraction of sp³-hybridized carbons (Fsp3) is 0.462. The number of hydrogen-bond donors (Lipinski definition) is 3. The summed E-state index contributed by atoms with van der Waals surface area (Å²) in [5, 5.41) is 3.24. The molecule has 4 nitrogen and oxygen atoms in total. The van der Waals surface area contributed by atoms with E-state index in [-0.39, 0.29) is 0 Å². The number of rotatable bonds is 4. The third-order valence-electron chi connectivity index (χ3n) is 2.66. The molecule has 0 atom stereocenters. The number of anilines is 1. The van der Waals surface area contributed by atoms with E-state index in [1.807, 2.05) is 0 Å². The zero-order valence-electron chi connectivity index (χ0n) is 11.2. The number of nitrogens with two attached hydrogens (primary N) is 1. The van der Waals surface area contributed by atoms with E-state index in [1.54, 1.807) is 0 Å². The van der Waals surface area contributed by atoms with E-state index in [2.05, 4.69) is 64.6 Å². The quantitative estimate of drug-likeness (QED) is 0.263. The van der Waals surface area contributed by atoms with Crippen LogP contribution in [0.3, 0.4) is 0 Å². The van der Waals surface area contributed by atoms with Gasteiger partial charge >= 0.3 is 0 Å². The van der Waals surface area contributed by atoms with Crippen LogP contribution in [0, 0.1) is 13.8 Å². The van der Waals surface area contributed by atoms with E-state index in [0.717, 1.165) is 40.7 Å². The molecule has 1 aromatic rings. The van der Waals surface area contributed by atoms with Crippen LogP contribution in [0.5, 0.6) is 0 Å². The van der Waals surface area contributed by atoms with Crippen molar-refractivity contribution in [3.8, 4) is 0 Å². The van der Waals surface area contributed by atoms with Crippen LogP contribution < -0.4 is 16.6 Å². The lowest BCUT2D eigenvalue weighted by atomic mass is 10.1. The molecule has 5 heteroatoms. The van der Waals surface area contributed by atoms with Crippen molar-refractivity contribution in [3.63, 3.8) is 0 Å². The molecule has 0 amide bonds. The first-order chi connectivity index (χ1) is 8.58. The molecular formula is C13H21BrN4. The third kappa shape index (κ3) is 4.31. The molecule has 0 saturated heterocycles. The van der Waals surface area contributed by atoms with E-state index < -0.39 is 0 Å². The molecule has 1 aromatic carbocycles. The van der Waals surface area contributed by atoms with Crippen LogP contribution in [0.4, 0.5) is 5.69 Å². The molecule has 100 valence electrons. The van der Waals surface area contributed by atoms with Crippen molar-refractivity contribution < 1.29 is 0 Å². The summed E-state index contributed by atoms with van der Waals surface area (Å²) < 4.78 is 1.08. The van der Waals surface area contributed by atoms with Crippen LogP contribution in [-0.4, -0.2) is 12.5 Å². The molecule has 4 N–H and O–H groups in total. The Morgan fingerprint density at radius 1 is 1.33 bits per heavy atom. The van der Waals surface area contributed by atoms with Crippen molar-refractivity contribution in [2.24, 2.45) is 10.8 Å². The molecule has 0 saturated carbocycles. The van der Waals surface area contributed by atoms with Gasteiger partial charge in [-0.1, -0.05) is 29.3 Å². The topological polar surface area (TPSA) is 62.4 Å². The molecule has 1 rings (SSSR count). The Hall–Kier alpha value is -1.07. The fourth-order valence-electron chi connectivity index (χ4n) is 1.70. The molecule has 0 aliphatic heterocycles. The summed E-state index contributed by atoms with van der Waals surface area (Å²) in [5.41, 5.74) is 5.96. The van der Waals surface area contributed by atoms with Gasteiger partial charge in [-0.2, -0.15) is 0 Å². The summed E-state index contributed by atoms with van der Waals surface area (Å²) in [5.74, 6) is 6.09. The maximum absolute atomic E-state index is 5.48. The van der Waals surface area contributed by atoms with Crippen LogP contribution in [0.2, 0.25) is 0 Å². The van der Waals surface area contributed by atoms with Gasteiger partial charge in [-0.05, 0) is 43.5 Å². The lowest BCUT2D eigenvalue weighted by Gasteiger charge is -2.14. The number of hydrazine groups is 1. The maximum Gasteiger partial charge on any atom is 0.210 e. The van der Waals surface area contributed by atoms with Gasteiger partial charge in [0.05, 0.1) is 0 Å². The van der Waals surface area contributed by atoms with Crippen molar-refractivity contribution in [1.82, 2.24) is 5.43 Å². The number of nitrogens with one attached hydrogen (secondary N) is 2. The summed E-state index contributed by atoms with van der Waals surface area (Å²) in [6, 6.07) is 4.13. The molecule has 0 bridgehead atoms. The van der Waals surface area contributed by atoms with Crippen molar-refractivity contribution in [3.05, 3.63) is 27.7 Å². The number of guanidine groups is 1. The minimum Gasteiger partial charge on any atom is -0.325 e. The Balaban J connectivity index is 2.85. The standard InChI is InChI=1S/C13H21BrN4/c1-4-5-6-16-13(18-15)17-12-9(2)7-11(14)8-10(12)3/h7-8H,4-6,15H2,1-3H3,(H2,16,17,18). The van der Waals surface area contributed by atoms with Gasteiger partial charge < -0.3 is 5.32 Å². The minimum atomic E-state index is 0.608. The highest BCUT2D eigenvalue weighted by Gasteiger charge is 2.06. The average molecular weight is 313 g/mol. The maximum atomic E-state index is 5.48. The van der Waals surface area contributed by atoms with Crippen LogP contribution in [0.1, 0.15) is 30.9 Å². The first-order valence-corrected chi connectivity index (χ1v) is 6.92. The van der Waals surface area contributed by atoms with Gasteiger partial charge in [0.25, 0.3) is 0 Å². The van der Waals surface area contributed by atoms with E-state index in [4.69, 9.17) is 5.84 Å². The first kappa shape index (κ1) is 15.0. The van der Waals surface area contributed by atoms with Crippen molar-refractivity contribution in [2.75, 3.05) is 11.9 Å². The number of halogens is 1. The van der Waals surface area contributed by atoms with Crippen LogP contribution >= 0.6 is 15.9 Å². The Labute approximate surface area is 117 Å². The Bertz CT molecular complexity index is 406. The zero-order chi connectivity index (χ0) is 13.5. The van der Waals surface area contributed by atoms with Gasteiger partial charge in [0.15, 0.2) is 0 Å². The molecule has 0 heterocycles. The molecular weight excluding hydrogens is 292 g/mol. The highest BCUT2D eigenvalue weighted by molar-refractivity contribution is 9.10. The van der Waals surface area contributed by atoms with Gasteiger partial charge in [-0.3, -0.25) is 10.4 Å². The largest absolute Gasteiger partial charge is 0.325 e. The van der Waals surface area contributed by atoms with Gasteiger partial charge in [0, 0.05) is 16.7 Å². The highest BCUT2D eigenvalue weighted by atomic mass is 79.9. The summed E-state index contributed by atoms with van der Waals surface area (Å²) in [6.07, 6.45) is 2.18. The van der Waals surface area contributed by atoms with Crippen molar-refractivity contribution in [2.45, 2.75) is 33.6 Å². The molecule has 0 aliphatic rings. The van der Waals surface area contributed by atoms with Crippen molar-refractivity contribution in [1.29, 1.82) is 0 Å². The third-order valence-corrected chi connectivity index (χ3v) is 3.12. The Kier molecular flexibility index (Phi) is 6.15. The molecule has 0 unspecified atom stereocenters. The van der Waals surface area contributed by atoms with Gasteiger partial charge in [0.1, 0.15) is 0 Å². The number of aliphatic imine (C=N–C) groups is 1. The minimum absolute atomic E-state index is 0.608. The van der Waals surface area contributed by atoms with Crippen LogP contribution in [-0.2, 0) is 0 Å². The Morgan fingerprint density at radius 2 is 1.94 bits per heavy atom. The predicted octanol–water partition coefficient (Wildman–Crippen LogP) is 3.10. The summed E-state index contributed by atoms with van der Waals surface area (Å²) in [7, 11) is 0. The molecule has 0 aliphatic carbocycles. The predicted molar refractivity (Wildman–Crippen MR) is 81.8 cm³/mol. The summed E-state index contributed by atoms with van der Waals surface area (Å²) in [4.78, 5) is 4.39. The second kappa shape index (κ2) is 7.38.